The van der Waals surface area contributed by atoms with Crippen molar-refractivity contribution in [1.29, 1.82) is 0 Å². The van der Waals surface area contributed by atoms with Crippen molar-refractivity contribution in [2.75, 3.05) is 12.0 Å². The highest BCUT2D eigenvalue weighted by molar-refractivity contribution is 9.10. The first kappa shape index (κ1) is 16.9. The minimum atomic E-state index is -3.77. The number of hydrogen-bond donors (Lipinski definition) is 1. The van der Waals surface area contributed by atoms with Gasteiger partial charge in [-0.25, -0.2) is 21.6 Å². The fraction of sp³-hybridized carbons (Fsp3) is 0.400. The molecule has 0 aliphatic rings. The highest BCUT2D eigenvalue weighted by Gasteiger charge is 2.20. The van der Waals surface area contributed by atoms with Crippen molar-refractivity contribution >= 4 is 47.4 Å². The molecule has 0 radical (unpaired) electrons. The van der Waals surface area contributed by atoms with Crippen LogP contribution in [0.1, 0.15) is 6.92 Å². The third kappa shape index (κ3) is 5.39. The average Bonchev–Trinajstić information content (AvgIpc) is 2.17. The van der Waals surface area contributed by atoms with Gasteiger partial charge in [-0.2, -0.15) is 0 Å². The van der Waals surface area contributed by atoms with E-state index in [0.29, 0.717) is 9.50 Å². The Labute approximate surface area is 126 Å². The third-order valence-electron chi connectivity index (χ3n) is 2.11. The predicted octanol–water partition coefficient (Wildman–Crippen LogP) is 1.81. The van der Waals surface area contributed by atoms with Gasteiger partial charge in [-0.05, 0) is 41.1 Å². The maximum Gasteiger partial charge on any atom is 0.240 e. The van der Waals surface area contributed by atoms with Crippen LogP contribution < -0.4 is 4.72 Å². The van der Waals surface area contributed by atoms with Gasteiger partial charge in [0, 0.05) is 16.8 Å². The lowest BCUT2D eigenvalue weighted by molar-refractivity contribution is 0.564. The second-order valence-electron chi connectivity index (χ2n) is 4.19. The van der Waals surface area contributed by atoms with Gasteiger partial charge in [0.05, 0.1) is 15.7 Å². The summed E-state index contributed by atoms with van der Waals surface area (Å²) in [6.45, 7) is 1.49. The second-order valence-corrected chi connectivity index (χ2v) is 9.35. The molecule has 0 amide bonds. The summed E-state index contributed by atoms with van der Waals surface area (Å²) in [5, 5.41) is 0.392. The molecule has 1 rings (SSSR count). The molecule has 9 heteroatoms. The van der Waals surface area contributed by atoms with E-state index in [-0.39, 0.29) is 10.6 Å². The molecule has 0 bridgehead atoms. The molecule has 0 aromatic heterocycles. The molecule has 0 aliphatic heterocycles. The Morgan fingerprint density at radius 1 is 1.32 bits per heavy atom. The monoisotopic (exact) mass is 389 g/mol. The van der Waals surface area contributed by atoms with Crippen molar-refractivity contribution in [3.63, 3.8) is 0 Å². The quantitative estimate of drug-likeness (QED) is 0.831. The summed E-state index contributed by atoms with van der Waals surface area (Å²) in [6, 6.07) is 3.44. The average molecular weight is 391 g/mol. The number of sulfone groups is 1. The summed E-state index contributed by atoms with van der Waals surface area (Å²) in [6.07, 6.45) is 1.05. The van der Waals surface area contributed by atoms with E-state index in [9.17, 15) is 16.8 Å². The first-order valence-electron chi connectivity index (χ1n) is 5.16. The van der Waals surface area contributed by atoms with E-state index in [0.717, 1.165) is 6.26 Å². The molecule has 1 N–H and O–H groups in total. The van der Waals surface area contributed by atoms with Crippen molar-refractivity contribution in [3.05, 3.63) is 27.7 Å². The minimum absolute atomic E-state index is 0.0177. The number of sulfonamides is 1. The molecule has 19 heavy (non-hydrogen) atoms. The molecule has 0 spiro atoms. The predicted molar refractivity (Wildman–Crippen MR) is 78.6 cm³/mol. The van der Waals surface area contributed by atoms with E-state index in [1.807, 2.05) is 0 Å². The molecular weight excluding hydrogens is 378 g/mol. The summed E-state index contributed by atoms with van der Waals surface area (Å²) < 4.78 is 49.0. The Balaban J connectivity index is 2.95. The summed E-state index contributed by atoms with van der Waals surface area (Å²) >= 11 is 8.92. The van der Waals surface area contributed by atoms with E-state index < -0.39 is 25.9 Å². The smallest absolute Gasteiger partial charge is 0.229 e. The highest BCUT2D eigenvalue weighted by Crippen LogP contribution is 2.25. The standard InChI is InChI=1S/C10H13BrClNO4S2/c1-7(6-18(2,14)15)13-19(16,17)8-3-4-10(12)9(11)5-8/h3-5,7,13H,6H2,1-2H3. The lowest BCUT2D eigenvalue weighted by Crippen LogP contribution is -2.37. The van der Waals surface area contributed by atoms with Crippen LogP contribution in [0, 0.1) is 0 Å². The summed E-state index contributed by atoms with van der Waals surface area (Å²) in [5.74, 6) is -0.263. The number of hydrogen-bond acceptors (Lipinski definition) is 4. The van der Waals surface area contributed by atoms with E-state index in [2.05, 4.69) is 20.7 Å². The van der Waals surface area contributed by atoms with Gasteiger partial charge in [0.25, 0.3) is 0 Å². The molecule has 0 saturated carbocycles. The van der Waals surface area contributed by atoms with Crippen molar-refractivity contribution in [1.82, 2.24) is 4.72 Å². The van der Waals surface area contributed by atoms with Gasteiger partial charge in [-0.3, -0.25) is 0 Å². The van der Waals surface area contributed by atoms with E-state index in [4.69, 9.17) is 11.6 Å². The van der Waals surface area contributed by atoms with Crippen molar-refractivity contribution in [2.24, 2.45) is 0 Å². The molecule has 0 saturated heterocycles. The molecule has 0 aliphatic carbocycles. The molecule has 0 heterocycles. The molecule has 1 unspecified atom stereocenters. The van der Waals surface area contributed by atoms with Crippen LogP contribution in [0.25, 0.3) is 0 Å². The summed E-state index contributed by atoms with van der Waals surface area (Å²) in [4.78, 5) is 0.0177. The fourth-order valence-corrected chi connectivity index (χ4v) is 4.48. The maximum atomic E-state index is 12.0. The normalized spacial score (nSPS) is 14.3. The highest BCUT2D eigenvalue weighted by atomic mass is 79.9. The Kier molecular flexibility index (Phi) is 5.42. The van der Waals surface area contributed by atoms with Crippen LogP contribution in [0.2, 0.25) is 5.02 Å². The number of nitrogens with one attached hydrogen (secondary N) is 1. The SMILES string of the molecule is CC(CS(C)(=O)=O)NS(=O)(=O)c1ccc(Cl)c(Br)c1. The van der Waals surface area contributed by atoms with Gasteiger partial charge in [-0.1, -0.05) is 11.6 Å². The molecule has 1 atom stereocenters. The number of rotatable bonds is 5. The Morgan fingerprint density at radius 3 is 2.37 bits per heavy atom. The third-order valence-corrected chi connectivity index (χ3v) is 6.02. The minimum Gasteiger partial charge on any atom is -0.229 e. The molecule has 1 aromatic carbocycles. The van der Waals surface area contributed by atoms with Crippen LogP contribution in [0.4, 0.5) is 0 Å². The van der Waals surface area contributed by atoms with Crippen LogP contribution >= 0.6 is 27.5 Å². The van der Waals surface area contributed by atoms with Crippen LogP contribution in [-0.4, -0.2) is 34.9 Å². The Hall–Kier alpha value is -0.150. The lowest BCUT2D eigenvalue weighted by atomic mass is 10.4. The molecule has 1 aromatic rings. The lowest BCUT2D eigenvalue weighted by Gasteiger charge is -2.13. The topological polar surface area (TPSA) is 80.3 Å². The van der Waals surface area contributed by atoms with E-state index >= 15 is 0 Å². The van der Waals surface area contributed by atoms with Crippen LogP contribution in [-0.2, 0) is 19.9 Å². The summed E-state index contributed by atoms with van der Waals surface area (Å²) in [7, 11) is -7.02. The first-order chi connectivity index (χ1) is 8.51. The maximum absolute atomic E-state index is 12.0. The van der Waals surface area contributed by atoms with Gasteiger partial charge >= 0.3 is 0 Å². The van der Waals surface area contributed by atoms with Gasteiger partial charge in [0.15, 0.2) is 0 Å². The molecular formula is C10H13BrClNO4S2. The van der Waals surface area contributed by atoms with Crippen LogP contribution in [0.5, 0.6) is 0 Å². The van der Waals surface area contributed by atoms with Crippen molar-refractivity contribution in [2.45, 2.75) is 17.9 Å². The van der Waals surface area contributed by atoms with Crippen molar-refractivity contribution < 1.29 is 16.8 Å². The molecule has 108 valence electrons. The zero-order valence-electron chi connectivity index (χ0n) is 10.2. The van der Waals surface area contributed by atoms with Crippen LogP contribution in [0.15, 0.2) is 27.6 Å². The zero-order chi connectivity index (χ0) is 14.8. The second kappa shape index (κ2) is 6.09. The van der Waals surface area contributed by atoms with Gasteiger partial charge in [-0.15, -0.1) is 0 Å². The molecule has 0 fully saturated rings. The van der Waals surface area contributed by atoms with Gasteiger partial charge in [0.2, 0.25) is 10.0 Å². The van der Waals surface area contributed by atoms with E-state index in [1.165, 1.54) is 25.1 Å². The largest absolute Gasteiger partial charge is 0.240 e. The number of halogens is 2. The Bertz CT molecular complexity index is 673. The first-order valence-corrected chi connectivity index (χ1v) is 9.88. The number of benzene rings is 1. The summed E-state index contributed by atoms with van der Waals surface area (Å²) in [5.41, 5.74) is 0. The molecule has 5 nitrogen and oxygen atoms in total. The van der Waals surface area contributed by atoms with Crippen LogP contribution in [0.3, 0.4) is 0 Å². The fourth-order valence-electron chi connectivity index (χ4n) is 1.47. The van der Waals surface area contributed by atoms with E-state index in [1.54, 1.807) is 0 Å². The zero-order valence-corrected chi connectivity index (χ0v) is 14.2. The van der Waals surface area contributed by atoms with Gasteiger partial charge in [0.1, 0.15) is 9.84 Å². The van der Waals surface area contributed by atoms with Gasteiger partial charge < -0.3 is 0 Å². The van der Waals surface area contributed by atoms with Crippen molar-refractivity contribution in [3.8, 4) is 0 Å². The Morgan fingerprint density at radius 2 is 1.89 bits per heavy atom.